The number of ether oxygens (including phenoxy) is 1. The maximum absolute atomic E-state index is 7.12. The van der Waals surface area contributed by atoms with Crippen molar-refractivity contribution in [2.75, 3.05) is 4.90 Å². The molecule has 2 heterocycles. The number of rotatable bonds is 8. The van der Waals surface area contributed by atoms with Gasteiger partial charge in [0.15, 0.2) is 5.58 Å². The van der Waals surface area contributed by atoms with Gasteiger partial charge in [0.05, 0.1) is 17.1 Å². The third-order valence-electron chi connectivity index (χ3n) is 13.7. The van der Waals surface area contributed by atoms with E-state index < -0.39 is 0 Å². The van der Waals surface area contributed by atoms with Crippen LogP contribution in [0.25, 0.3) is 33.6 Å². The monoisotopic (exact) mass is 836 g/mol. The van der Waals surface area contributed by atoms with Crippen LogP contribution in [0.2, 0.25) is 0 Å². The van der Waals surface area contributed by atoms with E-state index in [0.29, 0.717) is 18.3 Å². The molecule has 5 aromatic rings. The molecule has 2 bridgehead atoms. The number of furan rings is 1. The molecule has 0 fully saturated rings. The molecule has 5 aliphatic rings. The Kier molecular flexibility index (Phi) is 11.3. The van der Waals surface area contributed by atoms with Crippen molar-refractivity contribution in [3.8, 4) is 0 Å². The summed E-state index contributed by atoms with van der Waals surface area (Å²) in [5.74, 6) is 1.92. The van der Waals surface area contributed by atoms with E-state index in [1.807, 2.05) is 18.2 Å². The van der Waals surface area contributed by atoms with Crippen molar-refractivity contribution in [2.45, 2.75) is 59.0 Å². The van der Waals surface area contributed by atoms with E-state index in [9.17, 15) is 0 Å². The minimum Gasteiger partial charge on any atom is -0.487 e. The molecule has 0 saturated carbocycles. The summed E-state index contributed by atoms with van der Waals surface area (Å²) < 4.78 is 13.8. The zero-order valence-electron chi connectivity index (χ0n) is 37.2. The molecule has 64 heavy (non-hydrogen) atoms. The number of para-hydroxylation sites is 3. The Morgan fingerprint density at radius 3 is 2.48 bits per heavy atom. The first-order chi connectivity index (χ1) is 31.4. The van der Waals surface area contributed by atoms with Gasteiger partial charge >= 0.3 is 0 Å². The van der Waals surface area contributed by atoms with Gasteiger partial charge < -0.3 is 19.0 Å². The zero-order chi connectivity index (χ0) is 43.7. The minimum absolute atomic E-state index is 0.137. The van der Waals surface area contributed by atoms with Gasteiger partial charge in [-0.15, -0.1) is 0 Å². The van der Waals surface area contributed by atoms with Gasteiger partial charge in [0, 0.05) is 40.2 Å². The fourth-order valence-corrected chi connectivity index (χ4v) is 10.3. The first kappa shape index (κ1) is 41.0. The lowest BCUT2D eigenvalue weighted by Gasteiger charge is -2.43. The molecule has 0 N–H and O–H groups in total. The maximum Gasteiger partial charge on any atom is 0.159 e. The molecule has 1 aliphatic heterocycles. The summed E-state index contributed by atoms with van der Waals surface area (Å²) in [7, 11) is 0. The highest BCUT2D eigenvalue weighted by Crippen LogP contribution is 2.48. The van der Waals surface area contributed by atoms with Crippen LogP contribution in [0.1, 0.15) is 63.1 Å². The highest BCUT2D eigenvalue weighted by Gasteiger charge is 2.38. The van der Waals surface area contributed by atoms with E-state index in [-0.39, 0.29) is 12.0 Å². The molecule has 0 radical (unpaired) electrons. The lowest BCUT2D eigenvalue weighted by Crippen LogP contribution is -2.39. The quantitative estimate of drug-likeness (QED) is 0.115. The van der Waals surface area contributed by atoms with Gasteiger partial charge in [-0.1, -0.05) is 161 Å². The molecule has 318 valence electrons. The summed E-state index contributed by atoms with van der Waals surface area (Å²) in [6.45, 7) is 16.0. The van der Waals surface area contributed by atoms with Gasteiger partial charge in [-0.05, 0) is 120 Å². The van der Waals surface area contributed by atoms with Crippen LogP contribution in [0.3, 0.4) is 0 Å². The van der Waals surface area contributed by atoms with E-state index in [1.54, 1.807) is 0 Å². The van der Waals surface area contributed by atoms with Gasteiger partial charge in [0.2, 0.25) is 0 Å². The molecule has 1 aromatic heterocycles. The molecule has 10 rings (SSSR count). The lowest BCUT2D eigenvalue weighted by molar-refractivity contribution is 0.0697. The summed E-state index contributed by atoms with van der Waals surface area (Å²) >= 11 is 0. The van der Waals surface area contributed by atoms with Gasteiger partial charge in [0.1, 0.15) is 17.4 Å². The van der Waals surface area contributed by atoms with E-state index in [1.165, 1.54) is 33.5 Å². The number of nitrogens with zero attached hydrogens (tertiary/aromatic N) is 2. The Labute approximate surface area is 378 Å². The number of anilines is 3. The molecular weight excluding hydrogens is 781 g/mol. The Morgan fingerprint density at radius 1 is 0.781 bits per heavy atom. The first-order valence-corrected chi connectivity index (χ1v) is 22.9. The van der Waals surface area contributed by atoms with Crippen LogP contribution in [0, 0.1) is 17.8 Å². The number of hydrogen-bond donors (Lipinski definition) is 0. The first-order valence-electron chi connectivity index (χ1n) is 22.9. The molecular formula is C60H56N2O2. The summed E-state index contributed by atoms with van der Waals surface area (Å²) in [4.78, 5) is 4.92. The molecule has 0 amide bonds. The Morgan fingerprint density at radius 2 is 1.62 bits per heavy atom. The molecule has 4 aromatic carbocycles. The minimum atomic E-state index is -0.137. The summed E-state index contributed by atoms with van der Waals surface area (Å²) in [6.07, 6.45) is 37.4. The Hall–Kier alpha value is -7.04. The normalized spacial score (nSPS) is 23.5. The molecule has 4 nitrogen and oxygen atoms in total. The predicted octanol–water partition coefficient (Wildman–Crippen LogP) is 16.1. The van der Waals surface area contributed by atoms with Crippen LogP contribution in [-0.4, -0.2) is 11.0 Å². The zero-order valence-corrected chi connectivity index (χ0v) is 37.2. The van der Waals surface area contributed by atoms with Gasteiger partial charge in [0.25, 0.3) is 0 Å². The Balaban J connectivity index is 1.15. The fraction of sp³-hybridized carbons (Fsp3) is 0.200. The van der Waals surface area contributed by atoms with Crippen molar-refractivity contribution < 1.29 is 9.15 Å². The Bertz CT molecular complexity index is 2990. The van der Waals surface area contributed by atoms with E-state index in [2.05, 4.69) is 195 Å². The number of allylic oxidation sites excluding steroid dienone is 17. The van der Waals surface area contributed by atoms with Crippen LogP contribution >= 0.6 is 0 Å². The van der Waals surface area contributed by atoms with Crippen LogP contribution in [0.4, 0.5) is 17.1 Å². The lowest BCUT2D eigenvalue weighted by atomic mass is 9.83. The third kappa shape index (κ3) is 7.51. The highest BCUT2D eigenvalue weighted by molar-refractivity contribution is 6.10. The SMILES string of the molecule is C=C/C=C\C(=C/C)N(C1=CC=CC2CC3=C(CC=CC=C3)O[C@H]12)/C1=C2\C=Cc3ccc(N(c4ccccc4)c4cccc5c4oc4ccccc45)c(c3C(=C)C2)C/C=C\C(C)C(C)C1. The van der Waals surface area contributed by atoms with E-state index in [0.717, 1.165) is 87.4 Å². The van der Waals surface area contributed by atoms with Crippen molar-refractivity contribution >= 4 is 50.6 Å². The van der Waals surface area contributed by atoms with E-state index in [4.69, 9.17) is 15.7 Å². The highest BCUT2D eigenvalue weighted by atomic mass is 16.5. The summed E-state index contributed by atoms with van der Waals surface area (Å²) in [5.41, 5.74) is 15.8. The van der Waals surface area contributed by atoms with Crippen molar-refractivity contribution in [3.63, 3.8) is 0 Å². The average molecular weight is 837 g/mol. The fourth-order valence-electron chi connectivity index (χ4n) is 10.3. The van der Waals surface area contributed by atoms with Crippen molar-refractivity contribution in [2.24, 2.45) is 17.8 Å². The standard InChI is InChI=1S/C60H56N2O2/c1-6-8-23-47(7-2)61(53-29-18-22-46-39-45-21-11-9-14-31-56(45)63-59(46)53)55-38-41(4)40(3)20-17-28-51-52(36-35-43-33-34-44(55)37-42(5)58(43)51)62(48-24-12-10-13-25-48)54-30-19-27-50-49-26-15-16-32-57(49)64-60(50)54/h6-27,29-30,32-36,40-41,46,59H,1,5,28,31,37-39H2,2-4H3/b20-17-,23-8-,47-7+,55-44+/t40?,41?,46?,59-/m0/s1. The van der Waals surface area contributed by atoms with Crippen molar-refractivity contribution in [1.82, 2.24) is 4.90 Å². The van der Waals surface area contributed by atoms with Gasteiger partial charge in [-0.3, -0.25) is 0 Å². The van der Waals surface area contributed by atoms with Crippen LogP contribution < -0.4 is 4.90 Å². The largest absolute Gasteiger partial charge is 0.487 e. The summed E-state index contributed by atoms with van der Waals surface area (Å²) in [6, 6.07) is 30.2. The molecule has 4 heteroatoms. The number of hydrogen-bond acceptors (Lipinski definition) is 4. The second-order valence-corrected chi connectivity index (χ2v) is 17.7. The number of fused-ring (bicyclic) bond motifs is 6. The molecule has 0 spiro atoms. The molecule has 3 unspecified atom stereocenters. The summed E-state index contributed by atoms with van der Waals surface area (Å²) in [5, 5.41) is 2.22. The van der Waals surface area contributed by atoms with Gasteiger partial charge in [-0.2, -0.15) is 0 Å². The van der Waals surface area contributed by atoms with Crippen molar-refractivity contribution in [3.05, 3.63) is 234 Å². The topological polar surface area (TPSA) is 28.9 Å². The van der Waals surface area contributed by atoms with E-state index >= 15 is 0 Å². The van der Waals surface area contributed by atoms with Gasteiger partial charge in [-0.25, -0.2) is 0 Å². The molecule has 0 saturated heterocycles. The van der Waals surface area contributed by atoms with Crippen LogP contribution in [0.5, 0.6) is 0 Å². The second kappa shape index (κ2) is 17.6. The second-order valence-electron chi connectivity index (χ2n) is 17.7. The average Bonchev–Trinajstić information content (AvgIpc) is 3.42. The molecule has 4 atom stereocenters. The molecule has 4 aliphatic carbocycles. The van der Waals surface area contributed by atoms with Crippen LogP contribution in [-0.2, 0) is 11.2 Å². The third-order valence-corrected chi connectivity index (χ3v) is 13.7. The number of benzene rings is 4. The van der Waals surface area contributed by atoms with Crippen molar-refractivity contribution in [1.29, 1.82) is 0 Å². The maximum atomic E-state index is 7.12. The predicted molar refractivity (Wildman–Crippen MR) is 269 cm³/mol. The smallest absolute Gasteiger partial charge is 0.159 e. The van der Waals surface area contributed by atoms with Crippen LogP contribution in [0.15, 0.2) is 222 Å².